The van der Waals surface area contributed by atoms with Crippen molar-refractivity contribution in [3.05, 3.63) is 28.4 Å². The summed E-state index contributed by atoms with van der Waals surface area (Å²) in [6.45, 7) is 0.793. The van der Waals surface area contributed by atoms with Gasteiger partial charge in [-0.3, -0.25) is 14.7 Å². The van der Waals surface area contributed by atoms with Crippen LogP contribution in [0.3, 0.4) is 0 Å². The molecule has 0 atom stereocenters. The van der Waals surface area contributed by atoms with Gasteiger partial charge in [0.25, 0.3) is 0 Å². The summed E-state index contributed by atoms with van der Waals surface area (Å²) in [7, 11) is 1.84. The molecule has 1 aromatic heterocycles. The lowest BCUT2D eigenvalue weighted by molar-refractivity contribution is 0.0989. The van der Waals surface area contributed by atoms with Crippen LogP contribution in [0.1, 0.15) is 20.8 Å². The molecular formula is C10H11N3O2S. The predicted molar refractivity (Wildman–Crippen MR) is 61.7 cm³/mol. The maximum Gasteiger partial charge on any atom is 0.205 e. The van der Waals surface area contributed by atoms with Crippen LogP contribution in [0.25, 0.3) is 0 Å². The van der Waals surface area contributed by atoms with Gasteiger partial charge in [-0.1, -0.05) is 0 Å². The van der Waals surface area contributed by atoms with Gasteiger partial charge in [0.2, 0.25) is 11.6 Å². The van der Waals surface area contributed by atoms with Gasteiger partial charge in [0.05, 0.1) is 16.7 Å². The zero-order chi connectivity index (χ0) is 11.5. The first kappa shape index (κ1) is 11.1. The number of aromatic amines is 1. The molecule has 0 unspecified atom stereocenters. The fraction of sp³-hybridized carbons (Fsp3) is 0.300. The molecule has 0 aromatic carbocycles. The molecule has 0 amide bonds. The molecule has 1 aliphatic carbocycles. The Morgan fingerprint density at radius 1 is 1.50 bits per heavy atom. The second-order valence-corrected chi connectivity index (χ2v) is 4.45. The zero-order valence-electron chi connectivity index (χ0n) is 8.74. The van der Waals surface area contributed by atoms with E-state index in [0.29, 0.717) is 16.2 Å². The second kappa shape index (κ2) is 4.63. The predicted octanol–water partition coefficient (Wildman–Crippen LogP) is 0.625. The van der Waals surface area contributed by atoms with E-state index in [2.05, 4.69) is 15.5 Å². The molecule has 16 heavy (non-hydrogen) atoms. The number of carbonyl (C=O) groups is 2. The lowest BCUT2D eigenvalue weighted by Gasteiger charge is -2.10. The Morgan fingerprint density at radius 2 is 2.31 bits per heavy atom. The molecule has 84 valence electrons. The van der Waals surface area contributed by atoms with Crippen LogP contribution in [-0.4, -0.2) is 41.1 Å². The monoisotopic (exact) mass is 237 g/mol. The van der Waals surface area contributed by atoms with Gasteiger partial charge >= 0.3 is 0 Å². The summed E-state index contributed by atoms with van der Waals surface area (Å²) >= 11 is 1.39. The van der Waals surface area contributed by atoms with E-state index in [4.69, 9.17) is 0 Å². The van der Waals surface area contributed by atoms with Crippen LogP contribution in [0.4, 0.5) is 0 Å². The zero-order valence-corrected chi connectivity index (χ0v) is 9.56. The van der Waals surface area contributed by atoms with Crippen LogP contribution in [0.5, 0.6) is 0 Å². The van der Waals surface area contributed by atoms with E-state index in [9.17, 15) is 9.59 Å². The maximum atomic E-state index is 11.9. The highest BCUT2D eigenvalue weighted by Gasteiger charge is 2.27. The molecule has 1 heterocycles. The third-order valence-electron chi connectivity index (χ3n) is 2.23. The first-order valence-corrected chi connectivity index (χ1v) is 5.84. The number of hydrogen-bond acceptors (Lipinski definition) is 5. The van der Waals surface area contributed by atoms with Crippen molar-refractivity contribution in [1.82, 2.24) is 15.5 Å². The average molecular weight is 237 g/mol. The first-order chi connectivity index (χ1) is 7.74. The molecule has 0 fully saturated rings. The number of aromatic nitrogens is 2. The van der Waals surface area contributed by atoms with Crippen LogP contribution >= 0.6 is 11.8 Å². The van der Waals surface area contributed by atoms with E-state index in [-0.39, 0.29) is 11.6 Å². The second-order valence-electron chi connectivity index (χ2n) is 3.31. The average Bonchev–Trinajstić information content (AvgIpc) is 2.75. The number of Topliss-reactive ketones (excluding diaryl/α,β-unsaturated/α-hetero) is 1. The Hall–Kier alpha value is -1.40. The molecule has 0 spiro atoms. The van der Waals surface area contributed by atoms with Gasteiger partial charge in [0.1, 0.15) is 5.69 Å². The van der Waals surface area contributed by atoms with E-state index < -0.39 is 0 Å². The third-order valence-corrected chi connectivity index (χ3v) is 3.25. The van der Waals surface area contributed by atoms with E-state index in [1.54, 1.807) is 0 Å². The molecule has 1 aromatic rings. The van der Waals surface area contributed by atoms with Crippen molar-refractivity contribution in [3.8, 4) is 0 Å². The van der Waals surface area contributed by atoms with Crippen LogP contribution in [0.15, 0.2) is 17.2 Å². The van der Waals surface area contributed by atoms with Gasteiger partial charge in [0.15, 0.2) is 0 Å². The van der Waals surface area contributed by atoms with Gasteiger partial charge in [-0.05, 0) is 7.05 Å². The summed E-state index contributed by atoms with van der Waals surface area (Å²) in [5.74, 6) is 0.456. The highest BCUT2D eigenvalue weighted by atomic mass is 32.2. The summed E-state index contributed by atoms with van der Waals surface area (Å²) in [5, 5.41) is 9.24. The maximum absolute atomic E-state index is 11.9. The smallest absolute Gasteiger partial charge is 0.205 e. The number of carbonyl (C=O) groups excluding carboxylic acids is 2. The minimum absolute atomic E-state index is 0.121. The molecule has 0 saturated carbocycles. The molecule has 0 bridgehead atoms. The SMILES string of the molecule is CNCCSC1=CC(=O)c2[nH]ncc2C1=O. The molecular weight excluding hydrogens is 226 g/mol. The fourth-order valence-electron chi connectivity index (χ4n) is 1.41. The van der Waals surface area contributed by atoms with Crippen LogP contribution < -0.4 is 5.32 Å². The van der Waals surface area contributed by atoms with Crippen molar-refractivity contribution in [2.75, 3.05) is 19.3 Å². The largest absolute Gasteiger partial charge is 0.319 e. The van der Waals surface area contributed by atoms with Crippen molar-refractivity contribution >= 4 is 23.3 Å². The van der Waals surface area contributed by atoms with Crippen LogP contribution in [0, 0.1) is 0 Å². The summed E-state index contributed by atoms with van der Waals surface area (Å²) in [4.78, 5) is 24.0. The van der Waals surface area contributed by atoms with E-state index >= 15 is 0 Å². The van der Waals surface area contributed by atoms with Gasteiger partial charge < -0.3 is 5.32 Å². The molecule has 1 aliphatic rings. The summed E-state index contributed by atoms with van der Waals surface area (Å²) in [5.41, 5.74) is 0.669. The Balaban J connectivity index is 2.17. The first-order valence-electron chi connectivity index (χ1n) is 4.85. The number of allylic oxidation sites excluding steroid dienone is 2. The third kappa shape index (κ3) is 1.94. The molecule has 0 aliphatic heterocycles. The minimum Gasteiger partial charge on any atom is -0.319 e. The molecule has 5 nitrogen and oxygen atoms in total. The number of nitrogens with zero attached hydrogens (tertiary/aromatic N) is 1. The molecule has 0 radical (unpaired) electrons. The normalized spacial score (nSPS) is 14.9. The molecule has 2 N–H and O–H groups in total. The van der Waals surface area contributed by atoms with E-state index in [1.807, 2.05) is 7.05 Å². The fourth-order valence-corrected chi connectivity index (χ4v) is 2.36. The number of hydrogen-bond donors (Lipinski definition) is 2. The molecule has 6 heteroatoms. The highest BCUT2D eigenvalue weighted by molar-refractivity contribution is 8.04. The standard InChI is InChI=1S/C10H11N3O2S/c1-11-2-3-16-8-4-7(14)9-6(10(8)15)5-12-13-9/h4-5,11H,2-3H2,1H3,(H,12,13). The number of ketones is 2. The van der Waals surface area contributed by atoms with Crippen molar-refractivity contribution in [1.29, 1.82) is 0 Å². The summed E-state index contributed by atoms with van der Waals surface area (Å²) < 4.78 is 0. The van der Waals surface area contributed by atoms with Crippen molar-refractivity contribution in [2.24, 2.45) is 0 Å². The highest BCUT2D eigenvalue weighted by Crippen LogP contribution is 2.26. The van der Waals surface area contributed by atoms with Gasteiger partial charge in [0, 0.05) is 18.4 Å². The van der Waals surface area contributed by atoms with Crippen LogP contribution in [0.2, 0.25) is 0 Å². The topological polar surface area (TPSA) is 74.8 Å². The van der Waals surface area contributed by atoms with Crippen molar-refractivity contribution < 1.29 is 9.59 Å². The van der Waals surface area contributed by atoms with Gasteiger partial charge in [-0.2, -0.15) is 5.10 Å². The van der Waals surface area contributed by atoms with Crippen molar-refractivity contribution in [3.63, 3.8) is 0 Å². The quantitative estimate of drug-likeness (QED) is 0.751. The Labute approximate surface area is 96.7 Å². The number of nitrogens with one attached hydrogen (secondary N) is 2. The summed E-state index contributed by atoms with van der Waals surface area (Å²) in [6, 6.07) is 0. The molecule has 2 rings (SSSR count). The number of H-pyrrole nitrogens is 1. The Bertz CT molecular complexity index is 464. The minimum atomic E-state index is -0.181. The Kier molecular flexibility index (Phi) is 3.21. The number of rotatable bonds is 4. The van der Waals surface area contributed by atoms with Crippen LogP contribution in [-0.2, 0) is 0 Å². The number of thioether (sulfide) groups is 1. The summed E-state index contributed by atoms with van der Waals surface area (Å²) in [6.07, 6.45) is 2.78. The number of fused-ring (bicyclic) bond motifs is 1. The van der Waals surface area contributed by atoms with E-state index in [0.717, 1.165) is 12.3 Å². The van der Waals surface area contributed by atoms with Crippen molar-refractivity contribution in [2.45, 2.75) is 0 Å². The lowest BCUT2D eigenvalue weighted by atomic mass is 10.0. The van der Waals surface area contributed by atoms with Gasteiger partial charge in [-0.15, -0.1) is 11.8 Å². The van der Waals surface area contributed by atoms with Gasteiger partial charge in [-0.25, -0.2) is 0 Å². The Morgan fingerprint density at radius 3 is 3.06 bits per heavy atom. The molecule has 0 saturated heterocycles. The lowest BCUT2D eigenvalue weighted by Crippen LogP contribution is -2.16. The van der Waals surface area contributed by atoms with E-state index in [1.165, 1.54) is 24.0 Å².